The van der Waals surface area contributed by atoms with Crippen LogP contribution < -0.4 is 5.32 Å². The zero-order valence-corrected chi connectivity index (χ0v) is 14.1. The van der Waals surface area contributed by atoms with Gasteiger partial charge in [-0.2, -0.15) is 0 Å². The Morgan fingerprint density at radius 1 is 1.22 bits per heavy atom. The smallest absolute Gasteiger partial charge is 0.237 e. The van der Waals surface area contributed by atoms with Crippen LogP contribution in [0.1, 0.15) is 18.1 Å². The molecule has 0 fully saturated rings. The van der Waals surface area contributed by atoms with Crippen LogP contribution in [0.25, 0.3) is 5.65 Å². The Hall–Kier alpha value is -2.34. The monoisotopic (exact) mass is 326 g/mol. The molecule has 3 aromatic rings. The first-order valence-electron chi connectivity index (χ1n) is 7.39. The quantitative estimate of drug-likeness (QED) is 0.746. The molecule has 0 radical (unpaired) electrons. The first-order chi connectivity index (χ1) is 11.0. The second kappa shape index (κ2) is 6.42. The molecule has 0 spiro atoms. The summed E-state index contributed by atoms with van der Waals surface area (Å²) in [5, 5.41) is 11.7. The third-order valence-electron chi connectivity index (χ3n) is 3.58. The summed E-state index contributed by atoms with van der Waals surface area (Å²) in [5.74, 6) is -0.0450. The van der Waals surface area contributed by atoms with Crippen molar-refractivity contribution in [3.05, 3.63) is 53.7 Å². The Balaban J connectivity index is 1.74. The fraction of sp³-hybridized carbons (Fsp3) is 0.235. The van der Waals surface area contributed by atoms with E-state index in [-0.39, 0.29) is 11.2 Å². The number of pyridine rings is 1. The van der Waals surface area contributed by atoms with Crippen LogP contribution in [0.5, 0.6) is 0 Å². The highest BCUT2D eigenvalue weighted by Crippen LogP contribution is 2.24. The number of hydrogen-bond donors (Lipinski definition) is 1. The van der Waals surface area contributed by atoms with Gasteiger partial charge in [0.1, 0.15) is 0 Å². The van der Waals surface area contributed by atoms with E-state index in [1.54, 1.807) is 0 Å². The average Bonchev–Trinajstić information content (AvgIpc) is 2.94. The van der Waals surface area contributed by atoms with Crippen LogP contribution in [0.2, 0.25) is 0 Å². The number of benzene rings is 1. The third kappa shape index (κ3) is 3.37. The molecular weight excluding hydrogens is 308 g/mol. The predicted molar refractivity (Wildman–Crippen MR) is 92.9 cm³/mol. The van der Waals surface area contributed by atoms with Gasteiger partial charge in [0.05, 0.1) is 5.25 Å². The Morgan fingerprint density at radius 3 is 2.87 bits per heavy atom. The number of hydrogen-bond acceptors (Lipinski definition) is 4. The number of carbonyl (C=O) groups is 1. The van der Waals surface area contributed by atoms with E-state index < -0.39 is 0 Å². The van der Waals surface area contributed by atoms with Crippen molar-refractivity contribution in [2.24, 2.45) is 0 Å². The lowest BCUT2D eigenvalue weighted by atomic mass is 10.1. The average molecular weight is 326 g/mol. The van der Waals surface area contributed by atoms with Crippen molar-refractivity contribution in [2.45, 2.75) is 31.2 Å². The predicted octanol–water partition coefficient (Wildman–Crippen LogP) is 3.47. The van der Waals surface area contributed by atoms with Crippen LogP contribution in [0.15, 0.2) is 47.8 Å². The molecule has 0 unspecified atom stereocenters. The molecule has 0 aliphatic carbocycles. The van der Waals surface area contributed by atoms with Gasteiger partial charge >= 0.3 is 0 Å². The molecule has 118 valence electrons. The molecule has 1 amide bonds. The highest BCUT2D eigenvalue weighted by atomic mass is 32.2. The Kier molecular flexibility index (Phi) is 4.34. The number of thioether (sulfide) groups is 1. The minimum atomic E-state index is -0.275. The van der Waals surface area contributed by atoms with E-state index in [2.05, 4.69) is 15.5 Å². The van der Waals surface area contributed by atoms with E-state index in [4.69, 9.17) is 0 Å². The van der Waals surface area contributed by atoms with Crippen molar-refractivity contribution in [1.82, 2.24) is 14.6 Å². The first kappa shape index (κ1) is 15.6. The van der Waals surface area contributed by atoms with Gasteiger partial charge in [0.2, 0.25) is 5.91 Å². The van der Waals surface area contributed by atoms with Crippen molar-refractivity contribution in [1.29, 1.82) is 0 Å². The Labute approximate surface area is 139 Å². The number of carbonyl (C=O) groups excluding carboxylic acids is 1. The van der Waals surface area contributed by atoms with Crippen molar-refractivity contribution < 1.29 is 4.79 Å². The molecule has 0 saturated heterocycles. The normalized spacial score (nSPS) is 12.3. The zero-order chi connectivity index (χ0) is 16.4. The maximum atomic E-state index is 12.4. The maximum Gasteiger partial charge on any atom is 0.237 e. The molecule has 2 heterocycles. The summed E-state index contributed by atoms with van der Waals surface area (Å²) >= 11 is 1.39. The van der Waals surface area contributed by atoms with Crippen LogP contribution in [-0.2, 0) is 4.79 Å². The van der Waals surface area contributed by atoms with Gasteiger partial charge in [0.15, 0.2) is 10.8 Å². The number of rotatable bonds is 4. The lowest BCUT2D eigenvalue weighted by Crippen LogP contribution is -2.23. The van der Waals surface area contributed by atoms with Gasteiger partial charge in [-0.1, -0.05) is 30.0 Å². The molecule has 1 N–H and O–H groups in total. The maximum absolute atomic E-state index is 12.4. The number of fused-ring (bicyclic) bond motifs is 1. The zero-order valence-electron chi connectivity index (χ0n) is 13.3. The van der Waals surface area contributed by atoms with Crippen molar-refractivity contribution in [3.8, 4) is 0 Å². The molecule has 2 aromatic heterocycles. The van der Waals surface area contributed by atoms with Crippen LogP contribution in [0.4, 0.5) is 5.69 Å². The summed E-state index contributed by atoms with van der Waals surface area (Å²) in [4.78, 5) is 12.4. The summed E-state index contributed by atoms with van der Waals surface area (Å²) in [6.45, 7) is 5.86. The summed E-state index contributed by atoms with van der Waals surface area (Å²) in [5.41, 5.74) is 3.80. The highest BCUT2D eigenvalue weighted by Gasteiger charge is 2.18. The first-order valence-corrected chi connectivity index (χ1v) is 8.27. The molecule has 0 aliphatic rings. The summed E-state index contributed by atoms with van der Waals surface area (Å²) in [6, 6.07) is 11.7. The largest absolute Gasteiger partial charge is 0.325 e. The van der Waals surface area contributed by atoms with Crippen LogP contribution in [0, 0.1) is 13.8 Å². The second-order valence-electron chi connectivity index (χ2n) is 5.48. The fourth-order valence-electron chi connectivity index (χ4n) is 2.22. The van der Waals surface area contributed by atoms with E-state index >= 15 is 0 Å². The van der Waals surface area contributed by atoms with Gasteiger partial charge in [0, 0.05) is 11.9 Å². The molecule has 3 rings (SSSR count). The van der Waals surface area contributed by atoms with Gasteiger partial charge < -0.3 is 5.32 Å². The summed E-state index contributed by atoms with van der Waals surface area (Å²) < 4.78 is 1.88. The van der Waals surface area contributed by atoms with E-state index in [0.29, 0.717) is 5.16 Å². The van der Waals surface area contributed by atoms with Crippen LogP contribution >= 0.6 is 11.8 Å². The van der Waals surface area contributed by atoms with Crippen LogP contribution in [-0.4, -0.2) is 25.8 Å². The standard InChI is InChI=1S/C17H18N4OS/c1-11-7-8-12(2)14(10-11)18-16(22)13(3)23-17-20-19-15-6-4-5-9-21(15)17/h4-10,13H,1-3H3,(H,18,22)/t13-/m0/s1. The van der Waals surface area contributed by atoms with Gasteiger partial charge in [-0.3, -0.25) is 9.20 Å². The van der Waals surface area contributed by atoms with Crippen molar-refractivity contribution >= 4 is 29.0 Å². The minimum Gasteiger partial charge on any atom is -0.325 e. The summed E-state index contributed by atoms with van der Waals surface area (Å²) in [6.07, 6.45) is 1.90. The number of amides is 1. The van der Waals surface area contributed by atoms with Gasteiger partial charge in [0.25, 0.3) is 0 Å². The van der Waals surface area contributed by atoms with E-state index in [9.17, 15) is 4.79 Å². The van der Waals surface area contributed by atoms with E-state index in [1.807, 2.05) is 67.8 Å². The fourth-order valence-corrected chi connectivity index (χ4v) is 3.05. The number of aryl methyl sites for hydroxylation is 2. The summed E-state index contributed by atoms with van der Waals surface area (Å²) in [7, 11) is 0. The number of nitrogens with one attached hydrogen (secondary N) is 1. The second-order valence-corrected chi connectivity index (χ2v) is 6.79. The molecule has 23 heavy (non-hydrogen) atoms. The molecule has 5 nitrogen and oxygen atoms in total. The van der Waals surface area contributed by atoms with Gasteiger partial charge in [-0.15, -0.1) is 10.2 Å². The van der Waals surface area contributed by atoms with Crippen molar-refractivity contribution in [2.75, 3.05) is 5.32 Å². The molecule has 0 saturated carbocycles. The topological polar surface area (TPSA) is 59.3 Å². The molecule has 6 heteroatoms. The highest BCUT2D eigenvalue weighted by molar-refractivity contribution is 8.00. The SMILES string of the molecule is Cc1ccc(C)c(NC(=O)[C@H](C)Sc2nnc3ccccn23)c1. The Morgan fingerprint density at radius 2 is 2.04 bits per heavy atom. The van der Waals surface area contributed by atoms with E-state index in [1.165, 1.54) is 11.8 Å². The molecule has 0 bridgehead atoms. The minimum absolute atomic E-state index is 0.0450. The lowest BCUT2D eigenvalue weighted by molar-refractivity contribution is -0.115. The molecule has 0 aliphatic heterocycles. The van der Waals surface area contributed by atoms with Crippen LogP contribution in [0.3, 0.4) is 0 Å². The van der Waals surface area contributed by atoms with Crippen molar-refractivity contribution in [3.63, 3.8) is 0 Å². The lowest BCUT2D eigenvalue weighted by Gasteiger charge is -2.13. The van der Waals surface area contributed by atoms with Gasteiger partial charge in [-0.25, -0.2) is 0 Å². The molecule has 1 atom stereocenters. The number of anilines is 1. The number of aromatic nitrogens is 3. The number of nitrogens with zero attached hydrogens (tertiary/aromatic N) is 3. The molecule has 1 aromatic carbocycles. The van der Waals surface area contributed by atoms with Gasteiger partial charge in [-0.05, 0) is 50.1 Å². The third-order valence-corrected chi connectivity index (χ3v) is 4.64. The Bertz CT molecular complexity index is 859. The van der Waals surface area contributed by atoms with E-state index in [0.717, 1.165) is 22.5 Å². The molecular formula is C17H18N4OS.